The van der Waals surface area contributed by atoms with E-state index in [4.69, 9.17) is 9.84 Å². The summed E-state index contributed by atoms with van der Waals surface area (Å²) in [6.45, 7) is 3.16. The van der Waals surface area contributed by atoms with Crippen LogP contribution in [0.3, 0.4) is 0 Å². The molecule has 0 saturated carbocycles. The molecule has 0 spiro atoms. The molecule has 0 aliphatic carbocycles. The van der Waals surface area contributed by atoms with Gasteiger partial charge in [-0.1, -0.05) is 0 Å². The van der Waals surface area contributed by atoms with Gasteiger partial charge in [0, 0.05) is 26.2 Å². The van der Waals surface area contributed by atoms with Gasteiger partial charge in [-0.05, 0) is 18.8 Å². The molecule has 102 valence electrons. The molecule has 0 radical (unpaired) electrons. The highest BCUT2D eigenvalue weighted by atomic mass is 16.5. The van der Waals surface area contributed by atoms with E-state index >= 15 is 0 Å². The molecule has 0 aromatic rings. The summed E-state index contributed by atoms with van der Waals surface area (Å²) in [5.41, 5.74) is 0. The highest BCUT2D eigenvalue weighted by Gasteiger charge is 2.29. The fraction of sp³-hybridized carbons (Fsp3) is 0.833. The van der Waals surface area contributed by atoms with Crippen LogP contribution in [0.4, 0.5) is 0 Å². The number of nitrogens with zero attached hydrogens (tertiary/aromatic N) is 1. The smallest absolute Gasteiger partial charge is 0.303 e. The van der Waals surface area contributed by atoms with Crippen molar-refractivity contribution in [1.82, 2.24) is 10.2 Å². The van der Waals surface area contributed by atoms with E-state index in [1.54, 1.807) is 0 Å². The molecular weight excluding hydrogens is 236 g/mol. The molecule has 2 heterocycles. The normalized spacial score (nSPS) is 24.8. The summed E-state index contributed by atoms with van der Waals surface area (Å²) in [5.74, 6) is -0.560. The first-order chi connectivity index (χ1) is 8.63. The molecule has 2 aliphatic heterocycles. The number of carbonyl (C=O) groups excluding carboxylic acids is 1. The molecule has 2 saturated heterocycles. The first-order valence-corrected chi connectivity index (χ1v) is 6.46. The number of hydrogen-bond donors (Lipinski definition) is 2. The van der Waals surface area contributed by atoms with Gasteiger partial charge in [0.2, 0.25) is 5.91 Å². The maximum absolute atomic E-state index is 11.6. The van der Waals surface area contributed by atoms with Crippen LogP contribution in [-0.4, -0.2) is 60.8 Å². The van der Waals surface area contributed by atoms with Crippen molar-refractivity contribution in [3.8, 4) is 0 Å². The number of carbonyl (C=O) groups is 2. The first kappa shape index (κ1) is 13.3. The molecule has 2 N–H and O–H groups in total. The largest absolute Gasteiger partial charge is 0.481 e. The lowest BCUT2D eigenvalue weighted by atomic mass is 9.96. The van der Waals surface area contributed by atoms with Crippen molar-refractivity contribution < 1.29 is 19.4 Å². The van der Waals surface area contributed by atoms with Crippen LogP contribution in [0.15, 0.2) is 0 Å². The van der Waals surface area contributed by atoms with E-state index in [-0.39, 0.29) is 24.3 Å². The lowest BCUT2D eigenvalue weighted by Gasteiger charge is -2.37. The Morgan fingerprint density at radius 2 is 2.17 bits per heavy atom. The van der Waals surface area contributed by atoms with Gasteiger partial charge < -0.3 is 15.2 Å². The number of nitrogens with one attached hydrogen (secondary N) is 1. The number of carboxylic acid groups (broad SMARTS) is 1. The number of carboxylic acids is 1. The zero-order valence-electron chi connectivity index (χ0n) is 10.4. The Labute approximate surface area is 106 Å². The van der Waals surface area contributed by atoms with Gasteiger partial charge in [-0.15, -0.1) is 0 Å². The summed E-state index contributed by atoms with van der Waals surface area (Å²) in [7, 11) is 0. The Kier molecular flexibility index (Phi) is 4.54. The van der Waals surface area contributed by atoms with Gasteiger partial charge in [-0.25, -0.2) is 0 Å². The molecule has 2 fully saturated rings. The number of hydrogen-bond acceptors (Lipinski definition) is 4. The Balaban J connectivity index is 1.54. The Morgan fingerprint density at radius 1 is 1.39 bits per heavy atom. The van der Waals surface area contributed by atoms with Crippen molar-refractivity contribution >= 4 is 11.9 Å². The number of ether oxygens (including phenoxy) is 1. The summed E-state index contributed by atoms with van der Waals surface area (Å²) in [6.07, 6.45) is 2.47. The van der Waals surface area contributed by atoms with Crippen LogP contribution in [0.1, 0.15) is 19.3 Å². The van der Waals surface area contributed by atoms with Gasteiger partial charge in [0.05, 0.1) is 19.1 Å². The van der Waals surface area contributed by atoms with Crippen LogP contribution in [0.25, 0.3) is 0 Å². The molecule has 0 aromatic carbocycles. The molecule has 0 bridgehead atoms. The summed E-state index contributed by atoms with van der Waals surface area (Å²) < 4.78 is 5.42. The molecule has 2 rings (SSSR count). The summed E-state index contributed by atoms with van der Waals surface area (Å²) in [5, 5.41) is 11.5. The average molecular weight is 256 g/mol. The fourth-order valence-corrected chi connectivity index (χ4v) is 2.47. The molecule has 6 nitrogen and oxygen atoms in total. The van der Waals surface area contributed by atoms with Crippen molar-refractivity contribution in [2.45, 2.75) is 25.4 Å². The van der Waals surface area contributed by atoms with E-state index in [9.17, 15) is 9.59 Å². The molecule has 1 amide bonds. The minimum absolute atomic E-state index is 0.000671. The van der Waals surface area contributed by atoms with Gasteiger partial charge in [0.25, 0.3) is 0 Å². The highest BCUT2D eigenvalue weighted by molar-refractivity contribution is 5.78. The predicted molar refractivity (Wildman–Crippen MR) is 64.2 cm³/mol. The second-order valence-corrected chi connectivity index (χ2v) is 5.10. The SMILES string of the molecule is O=C(O)CC1CN(CC(=O)NCC2CCCO2)C1. The topological polar surface area (TPSA) is 78.9 Å². The Hall–Kier alpha value is -1.14. The second-order valence-electron chi connectivity index (χ2n) is 5.10. The van der Waals surface area contributed by atoms with Crippen LogP contribution in [0.5, 0.6) is 0 Å². The minimum Gasteiger partial charge on any atom is -0.481 e. The molecule has 0 aromatic heterocycles. The van der Waals surface area contributed by atoms with Gasteiger partial charge in [0.15, 0.2) is 0 Å². The monoisotopic (exact) mass is 256 g/mol. The van der Waals surface area contributed by atoms with Crippen LogP contribution in [0, 0.1) is 5.92 Å². The van der Waals surface area contributed by atoms with Gasteiger partial charge >= 0.3 is 5.97 Å². The van der Waals surface area contributed by atoms with E-state index in [0.717, 1.165) is 19.4 Å². The summed E-state index contributed by atoms with van der Waals surface area (Å²) in [6, 6.07) is 0. The predicted octanol–water partition coefficient (Wildman–Crippen LogP) is -0.312. The van der Waals surface area contributed by atoms with Crippen LogP contribution in [0.2, 0.25) is 0 Å². The maximum Gasteiger partial charge on any atom is 0.303 e. The molecule has 2 aliphatic rings. The van der Waals surface area contributed by atoms with Crippen LogP contribution >= 0.6 is 0 Å². The fourth-order valence-electron chi connectivity index (χ4n) is 2.47. The Morgan fingerprint density at radius 3 is 2.78 bits per heavy atom. The number of aliphatic carboxylic acids is 1. The summed E-state index contributed by atoms with van der Waals surface area (Å²) >= 11 is 0. The van der Waals surface area contributed by atoms with Crippen molar-refractivity contribution in [3.63, 3.8) is 0 Å². The molecular formula is C12H20N2O4. The number of rotatable bonds is 6. The van der Waals surface area contributed by atoms with E-state index in [1.807, 2.05) is 4.90 Å². The van der Waals surface area contributed by atoms with Gasteiger partial charge in [-0.2, -0.15) is 0 Å². The first-order valence-electron chi connectivity index (χ1n) is 6.46. The lowest BCUT2D eigenvalue weighted by Crippen LogP contribution is -2.51. The van der Waals surface area contributed by atoms with Gasteiger partial charge in [-0.3, -0.25) is 14.5 Å². The average Bonchev–Trinajstić information content (AvgIpc) is 2.75. The molecule has 1 unspecified atom stereocenters. The lowest BCUT2D eigenvalue weighted by molar-refractivity contribution is -0.139. The van der Waals surface area contributed by atoms with E-state index in [1.165, 1.54) is 0 Å². The Bertz CT molecular complexity index is 309. The van der Waals surface area contributed by atoms with Crippen LogP contribution in [-0.2, 0) is 14.3 Å². The van der Waals surface area contributed by atoms with Crippen molar-refractivity contribution in [3.05, 3.63) is 0 Å². The maximum atomic E-state index is 11.6. The zero-order chi connectivity index (χ0) is 13.0. The zero-order valence-corrected chi connectivity index (χ0v) is 10.4. The highest BCUT2D eigenvalue weighted by Crippen LogP contribution is 2.18. The van der Waals surface area contributed by atoms with Crippen molar-refractivity contribution in [2.24, 2.45) is 5.92 Å². The van der Waals surface area contributed by atoms with E-state index in [2.05, 4.69) is 5.32 Å². The van der Waals surface area contributed by atoms with Gasteiger partial charge in [0.1, 0.15) is 0 Å². The molecule has 18 heavy (non-hydrogen) atoms. The molecule has 6 heteroatoms. The third-order valence-electron chi connectivity index (χ3n) is 3.41. The van der Waals surface area contributed by atoms with E-state index < -0.39 is 5.97 Å². The minimum atomic E-state index is -0.762. The summed E-state index contributed by atoms with van der Waals surface area (Å²) in [4.78, 5) is 24.0. The van der Waals surface area contributed by atoms with Crippen LogP contribution < -0.4 is 5.32 Å². The molecule has 1 atom stereocenters. The van der Waals surface area contributed by atoms with Crippen molar-refractivity contribution in [1.29, 1.82) is 0 Å². The quantitative estimate of drug-likeness (QED) is 0.681. The second kappa shape index (κ2) is 6.15. The number of amides is 1. The standard InChI is InChI=1S/C12H20N2O4/c15-11(13-5-10-2-1-3-18-10)8-14-6-9(7-14)4-12(16)17/h9-10H,1-8H2,(H,13,15)(H,16,17). The van der Waals surface area contributed by atoms with E-state index in [0.29, 0.717) is 26.2 Å². The third kappa shape index (κ3) is 3.96. The number of likely N-dealkylation sites (tertiary alicyclic amines) is 1. The van der Waals surface area contributed by atoms with Crippen molar-refractivity contribution in [2.75, 3.05) is 32.8 Å². The third-order valence-corrected chi connectivity index (χ3v) is 3.41.